The number of hydrogen-bond acceptors (Lipinski definition) is 5. The zero-order valence-electron chi connectivity index (χ0n) is 13.1. The summed E-state index contributed by atoms with van der Waals surface area (Å²) in [5, 5.41) is 1.66. The number of anilines is 1. The minimum Gasteiger partial charge on any atom is -0.353 e. The van der Waals surface area contributed by atoms with E-state index < -0.39 is 0 Å². The first kappa shape index (κ1) is 14.7. The van der Waals surface area contributed by atoms with Gasteiger partial charge in [0.2, 0.25) is 5.28 Å². The number of halogens is 1. The van der Waals surface area contributed by atoms with E-state index in [9.17, 15) is 0 Å². The topological polar surface area (TPSA) is 32.3 Å². The van der Waals surface area contributed by atoms with Gasteiger partial charge in [-0.15, -0.1) is 11.3 Å². The molecule has 118 valence electrons. The van der Waals surface area contributed by atoms with Crippen molar-refractivity contribution in [2.24, 2.45) is 5.92 Å². The van der Waals surface area contributed by atoms with Crippen molar-refractivity contribution in [3.8, 4) is 0 Å². The predicted molar refractivity (Wildman–Crippen MR) is 93.3 cm³/mol. The molecule has 4 nitrogen and oxygen atoms in total. The van der Waals surface area contributed by atoms with Crippen LogP contribution in [0.5, 0.6) is 0 Å². The Morgan fingerprint density at radius 3 is 2.73 bits per heavy atom. The van der Waals surface area contributed by atoms with E-state index >= 15 is 0 Å². The molecule has 0 radical (unpaired) electrons. The summed E-state index contributed by atoms with van der Waals surface area (Å²) in [5.41, 5.74) is 1.49. The number of nitrogens with zero attached hydrogens (tertiary/aromatic N) is 4. The van der Waals surface area contributed by atoms with Crippen LogP contribution in [0.3, 0.4) is 0 Å². The normalized spacial score (nSPS) is 23.0. The van der Waals surface area contributed by atoms with Crippen molar-refractivity contribution in [1.82, 2.24) is 14.9 Å². The summed E-state index contributed by atoms with van der Waals surface area (Å²) >= 11 is 8.04. The van der Waals surface area contributed by atoms with Crippen LogP contribution in [0, 0.1) is 5.92 Å². The molecule has 6 heteroatoms. The Kier molecular flexibility index (Phi) is 3.75. The number of hydrogen-bond donors (Lipinski definition) is 0. The quantitative estimate of drug-likeness (QED) is 0.748. The fourth-order valence-corrected chi connectivity index (χ4v) is 5.14. The van der Waals surface area contributed by atoms with Gasteiger partial charge in [0, 0.05) is 31.1 Å². The van der Waals surface area contributed by atoms with Crippen molar-refractivity contribution in [1.29, 1.82) is 0 Å². The third-order valence-corrected chi connectivity index (χ3v) is 6.23. The first-order valence-electron chi connectivity index (χ1n) is 8.03. The van der Waals surface area contributed by atoms with E-state index in [1.807, 2.05) is 11.3 Å². The zero-order valence-corrected chi connectivity index (χ0v) is 14.7. The molecule has 0 spiro atoms. The minimum atomic E-state index is 0.382. The second-order valence-electron chi connectivity index (χ2n) is 6.64. The first-order valence-corrected chi connectivity index (χ1v) is 9.22. The fourth-order valence-electron chi connectivity index (χ4n) is 3.54. The van der Waals surface area contributed by atoms with Gasteiger partial charge in [-0.1, -0.05) is 6.92 Å². The summed E-state index contributed by atoms with van der Waals surface area (Å²) in [6.45, 7) is 6.52. The van der Waals surface area contributed by atoms with Crippen LogP contribution in [0.2, 0.25) is 5.28 Å². The molecule has 1 saturated heterocycles. The Morgan fingerprint density at radius 1 is 1.18 bits per heavy atom. The highest BCUT2D eigenvalue weighted by atomic mass is 35.5. The highest BCUT2D eigenvalue weighted by Crippen LogP contribution is 2.41. The standard InChI is InChI=1S/C16H21ClN4S/c1-10-3-4-11-12(9-10)22-15-13(11)14(18-16(17)19-15)21-7-5-20(2)6-8-21/h10H,3-9H2,1-2H3. The molecule has 1 unspecified atom stereocenters. The van der Waals surface area contributed by atoms with E-state index in [0.717, 1.165) is 49.2 Å². The molecule has 0 bridgehead atoms. The third-order valence-electron chi connectivity index (χ3n) is 4.91. The molecule has 1 atom stereocenters. The Labute approximate surface area is 140 Å². The van der Waals surface area contributed by atoms with E-state index in [0.29, 0.717) is 5.28 Å². The van der Waals surface area contributed by atoms with Gasteiger partial charge in [-0.2, -0.15) is 4.98 Å². The van der Waals surface area contributed by atoms with Crippen LogP contribution in [0.4, 0.5) is 5.82 Å². The maximum atomic E-state index is 6.21. The van der Waals surface area contributed by atoms with Gasteiger partial charge in [0.05, 0.1) is 5.39 Å². The van der Waals surface area contributed by atoms with Gasteiger partial charge in [0.25, 0.3) is 0 Å². The Balaban J connectivity index is 1.83. The molecule has 2 aromatic rings. The summed E-state index contributed by atoms with van der Waals surface area (Å²) < 4.78 is 0. The smallest absolute Gasteiger partial charge is 0.225 e. The molecule has 3 heterocycles. The lowest BCUT2D eigenvalue weighted by Crippen LogP contribution is -2.45. The highest BCUT2D eigenvalue weighted by Gasteiger charge is 2.26. The third kappa shape index (κ3) is 2.49. The number of thiophene rings is 1. The number of piperazine rings is 1. The average molecular weight is 337 g/mol. The summed E-state index contributed by atoms with van der Waals surface area (Å²) in [5.74, 6) is 1.84. The highest BCUT2D eigenvalue weighted by molar-refractivity contribution is 7.19. The van der Waals surface area contributed by atoms with E-state index in [4.69, 9.17) is 11.6 Å². The second-order valence-corrected chi connectivity index (χ2v) is 8.06. The van der Waals surface area contributed by atoms with Gasteiger partial charge in [-0.05, 0) is 49.4 Å². The van der Waals surface area contributed by atoms with E-state index in [-0.39, 0.29) is 0 Å². The lowest BCUT2D eigenvalue weighted by Gasteiger charge is -2.33. The van der Waals surface area contributed by atoms with Crippen LogP contribution in [-0.2, 0) is 12.8 Å². The monoisotopic (exact) mass is 336 g/mol. The maximum absolute atomic E-state index is 6.21. The molecular weight excluding hydrogens is 316 g/mol. The molecule has 0 N–H and O–H groups in total. The number of aromatic nitrogens is 2. The fraction of sp³-hybridized carbons (Fsp3) is 0.625. The van der Waals surface area contributed by atoms with Crippen LogP contribution in [0.1, 0.15) is 23.8 Å². The average Bonchev–Trinajstić information content (AvgIpc) is 2.84. The van der Waals surface area contributed by atoms with Gasteiger partial charge < -0.3 is 9.80 Å². The molecule has 1 aliphatic carbocycles. The lowest BCUT2D eigenvalue weighted by molar-refractivity contribution is 0.312. The molecule has 0 amide bonds. The van der Waals surface area contributed by atoms with Gasteiger partial charge in [-0.3, -0.25) is 0 Å². The maximum Gasteiger partial charge on any atom is 0.225 e. The molecule has 1 fully saturated rings. The van der Waals surface area contributed by atoms with E-state index in [2.05, 4.69) is 33.7 Å². The van der Waals surface area contributed by atoms with E-state index in [1.54, 1.807) is 0 Å². The number of fused-ring (bicyclic) bond motifs is 3. The van der Waals surface area contributed by atoms with Crippen LogP contribution in [0.15, 0.2) is 0 Å². The molecule has 0 saturated carbocycles. The Morgan fingerprint density at radius 2 is 1.95 bits per heavy atom. The summed E-state index contributed by atoms with van der Waals surface area (Å²) in [7, 11) is 2.17. The first-order chi connectivity index (χ1) is 10.6. The number of aryl methyl sites for hydroxylation is 1. The van der Waals surface area contributed by atoms with Crippen molar-refractivity contribution in [2.45, 2.75) is 26.2 Å². The zero-order chi connectivity index (χ0) is 15.3. The van der Waals surface area contributed by atoms with Crippen LogP contribution < -0.4 is 4.90 Å². The SMILES string of the molecule is CC1CCc2c(sc3nc(Cl)nc(N4CCN(C)CC4)c23)C1. The molecule has 2 aliphatic rings. The molecule has 0 aromatic carbocycles. The van der Waals surface area contributed by atoms with Crippen molar-refractivity contribution < 1.29 is 0 Å². The largest absolute Gasteiger partial charge is 0.353 e. The van der Waals surface area contributed by atoms with Crippen molar-refractivity contribution in [3.63, 3.8) is 0 Å². The molecular formula is C16H21ClN4S. The van der Waals surface area contributed by atoms with Crippen LogP contribution in [-0.4, -0.2) is 48.1 Å². The Hall–Kier alpha value is -0.910. The molecule has 2 aromatic heterocycles. The van der Waals surface area contributed by atoms with Crippen molar-refractivity contribution >= 4 is 39.0 Å². The number of rotatable bonds is 1. The molecule has 1 aliphatic heterocycles. The second kappa shape index (κ2) is 5.62. The predicted octanol–water partition coefficient (Wildman–Crippen LogP) is 3.22. The van der Waals surface area contributed by atoms with Crippen LogP contribution in [0.25, 0.3) is 10.2 Å². The summed E-state index contributed by atoms with van der Waals surface area (Å²) in [6.07, 6.45) is 3.60. The van der Waals surface area contributed by atoms with Gasteiger partial charge in [-0.25, -0.2) is 4.98 Å². The summed E-state index contributed by atoms with van der Waals surface area (Å²) in [6, 6.07) is 0. The molecule has 4 rings (SSSR count). The molecule has 22 heavy (non-hydrogen) atoms. The van der Waals surface area contributed by atoms with Crippen LogP contribution >= 0.6 is 22.9 Å². The van der Waals surface area contributed by atoms with Gasteiger partial charge in [0.1, 0.15) is 10.6 Å². The van der Waals surface area contributed by atoms with Crippen molar-refractivity contribution in [3.05, 3.63) is 15.7 Å². The van der Waals surface area contributed by atoms with E-state index in [1.165, 1.54) is 28.7 Å². The van der Waals surface area contributed by atoms with Crippen molar-refractivity contribution in [2.75, 3.05) is 38.1 Å². The Bertz CT molecular complexity index is 706. The number of likely N-dealkylation sites (N-methyl/N-ethyl adjacent to an activating group) is 1. The van der Waals surface area contributed by atoms with Gasteiger partial charge in [0.15, 0.2) is 0 Å². The van der Waals surface area contributed by atoms with Gasteiger partial charge >= 0.3 is 0 Å². The summed E-state index contributed by atoms with van der Waals surface area (Å²) in [4.78, 5) is 16.5. The lowest BCUT2D eigenvalue weighted by atomic mass is 9.89. The minimum absolute atomic E-state index is 0.382.